The largest absolute Gasteiger partial charge is 0.480 e. The maximum Gasteiger partial charge on any atom is 0.264 e. The van der Waals surface area contributed by atoms with E-state index in [4.69, 9.17) is 9.47 Å². The molecule has 132 valence electrons. The zero-order valence-corrected chi connectivity index (χ0v) is 15.8. The number of nitrogens with zero attached hydrogens (tertiary/aromatic N) is 3. The molecule has 0 atom stereocenters. The van der Waals surface area contributed by atoms with Crippen LogP contribution in [0.3, 0.4) is 0 Å². The number of fused-ring (bicyclic) bond motifs is 1. The second-order valence-electron chi connectivity index (χ2n) is 5.56. The monoisotopic (exact) mass is 351 g/mol. The fourth-order valence-electron chi connectivity index (χ4n) is 2.59. The average Bonchev–Trinajstić information content (AvgIpc) is 2.91. The van der Waals surface area contributed by atoms with Crippen LogP contribution in [0.15, 0.2) is 0 Å². The molecule has 0 saturated heterocycles. The van der Waals surface area contributed by atoms with Crippen LogP contribution in [0, 0.1) is 6.92 Å². The number of rotatable bonds is 8. The lowest BCUT2D eigenvalue weighted by Gasteiger charge is -2.20. The Labute approximate surface area is 146 Å². The number of hydrogen-bond acceptors (Lipinski definition) is 6. The van der Waals surface area contributed by atoms with Gasteiger partial charge in [0.1, 0.15) is 11.4 Å². The number of amides is 1. The molecule has 0 saturated carbocycles. The van der Waals surface area contributed by atoms with Crippen molar-refractivity contribution in [1.82, 2.24) is 14.9 Å². The van der Waals surface area contributed by atoms with Crippen LogP contribution in [-0.2, 0) is 11.3 Å². The van der Waals surface area contributed by atoms with Crippen molar-refractivity contribution in [3.63, 3.8) is 0 Å². The third kappa shape index (κ3) is 3.67. The molecular formula is C17H25N3O3S. The summed E-state index contributed by atoms with van der Waals surface area (Å²) in [6.07, 6.45) is 2.07. The summed E-state index contributed by atoms with van der Waals surface area (Å²) in [5, 5.41) is 0.817. The normalized spacial score (nSPS) is 11.0. The first-order chi connectivity index (χ1) is 11.6. The number of thiophene rings is 1. The van der Waals surface area contributed by atoms with Gasteiger partial charge in [-0.3, -0.25) is 4.79 Å². The van der Waals surface area contributed by atoms with E-state index < -0.39 is 0 Å². The number of aromatic nitrogens is 2. The Bertz CT molecular complexity index is 715. The lowest BCUT2D eigenvalue weighted by atomic mass is 10.2. The fourth-order valence-corrected chi connectivity index (χ4v) is 3.74. The number of unbranched alkanes of at least 4 members (excludes halogenated alkanes) is 1. The van der Waals surface area contributed by atoms with Crippen molar-refractivity contribution in [3.05, 3.63) is 16.3 Å². The second-order valence-corrected chi connectivity index (χ2v) is 6.56. The van der Waals surface area contributed by atoms with E-state index in [0.717, 1.165) is 35.2 Å². The molecule has 0 N–H and O–H groups in total. The standard InChI is InChI=1S/C17H25N3O3S/c1-6-8-9-20(7-2)17(21)14-11(3)13-15(23-5)18-12(10-22-4)19-16(13)24-14/h6-10H2,1-5H3. The lowest BCUT2D eigenvalue weighted by molar-refractivity contribution is 0.0766. The van der Waals surface area contributed by atoms with Gasteiger partial charge in [-0.15, -0.1) is 11.3 Å². The Morgan fingerprint density at radius 2 is 2.00 bits per heavy atom. The zero-order chi connectivity index (χ0) is 17.7. The van der Waals surface area contributed by atoms with E-state index in [1.165, 1.54) is 11.3 Å². The van der Waals surface area contributed by atoms with Crippen LogP contribution in [0.5, 0.6) is 5.88 Å². The molecule has 2 rings (SSSR count). The van der Waals surface area contributed by atoms with Gasteiger partial charge < -0.3 is 14.4 Å². The van der Waals surface area contributed by atoms with Gasteiger partial charge in [-0.05, 0) is 25.8 Å². The molecule has 6 nitrogen and oxygen atoms in total. The van der Waals surface area contributed by atoms with Crippen LogP contribution < -0.4 is 4.74 Å². The summed E-state index contributed by atoms with van der Waals surface area (Å²) in [5.41, 5.74) is 0.885. The van der Waals surface area contributed by atoms with Gasteiger partial charge in [-0.1, -0.05) is 13.3 Å². The van der Waals surface area contributed by atoms with Crippen LogP contribution in [-0.4, -0.2) is 48.1 Å². The molecular weight excluding hydrogens is 326 g/mol. The average molecular weight is 351 g/mol. The highest BCUT2D eigenvalue weighted by Gasteiger charge is 2.23. The zero-order valence-electron chi connectivity index (χ0n) is 15.0. The van der Waals surface area contributed by atoms with Crippen molar-refractivity contribution < 1.29 is 14.3 Å². The Morgan fingerprint density at radius 1 is 1.25 bits per heavy atom. The lowest BCUT2D eigenvalue weighted by Crippen LogP contribution is -2.31. The van der Waals surface area contributed by atoms with Crippen LogP contribution in [0.25, 0.3) is 10.2 Å². The van der Waals surface area contributed by atoms with Crippen LogP contribution >= 0.6 is 11.3 Å². The third-order valence-electron chi connectivity index (χ3n) is 3.91. The van der Waals surface area contributed by atoms with Crippen LogP contribution in [0.4, 0.5) is 0 Å². The van der Waals surface area contributed by atoms with Gasteiger partial charge >= 0.3 is 0 Å². The van der Waals surface area contributed by atoms with Crippen molar-refractivity contribution in [2.75, 3.05) is 27.3 Å². The van der Waals surface area contributed by atoms with Crippen molar-refractivity contribution in [3.8, 4) is 5.88 Å². The maximum absolute atomic E-state index is 12.9. The van der Waals surface area contributed by atoms with Crippen LogP contribution in [0.1, 0.15) is 47.7 Å². The molecule has 0 aliphatic heterocycles. The molecule has 0 fully saturated rings. The smallest absolute Gasteiger partial charge is 0.264 e. The van der Waals surface area contributed by atoms with Gasteiger partial charge in [0.2, 0.25) is 5.88 Å². The van der Waals surface area contributed by atoms with E-state index in [0.29, 0.717) is 29.7 Å². The van der Waals surface area contributed by atoms with Gasteiger partial charge in [0.15, 0.2) is 5.82 Å². The molecule has 0 bridgehead atoms. The molecule has 1 amide bonds. The summed E-state index contributed by atoms with van der Waals surface area (Å²) < 4.78 is 10.5. The topological polar surface area (TPSA) is 64.6 Å². The number of methoxy groups -OCH3 is 2. The Kier molecular flexibility index (Phi) is 6.51. The molecule has 2 aromatic rings. The molecule has 7 heteroatoms. The van der Waals surface area contributed by atoms with Gasteiger partial charge in [-0.25, -0.2) is 4.98 Å². The second kappa shape index (κ2) is 8.39. The number of aryl methyl sites for hydroxylation is 1. The molecule has 2 heterocycles. The maximum atomic E-state index is 12.9. The number of hydrogen-bond donors (Lipinski definition) is 0. The number of carbonyl (C=O) groups excluding carboxylic acids is 1. The van der Waals surface area contributed by atoms with Crippen molar-refractivity contribution in [2.45, 2.75) is 40.2 Å². The molecule has 2 aromatic heterocycles. The first kappa shape index (κ1) is 18.6. The minimum atomic E-state index is 0.0572. The Morgan fingerprint density at radius 3 is 2.58 bits per heavy atom. The summed E-state index contributed by atoms with van der Waals surface area (Å²) in [6.45, 7) is 7.85. The van der Waals surface area contributed by atoms with Crippen LogP contribution in [0.2, 0.25) is 0 Å². The molecule has 0 aliphatic carbocycles. The summed E-state index contributed by atoms with van der Waals surface area (Å²) in [4.78, 5) is 25.2. The summed E-state index contributed by atoms with van der Waals surface area (Å²) >= 11 is 1.40. The van der Waals surface area contributed by atoms with E-state index in [1.54, 1.807) is 14.2 Å². The van der Waals surface area contributed by atoms with Gasteiger partial charge in [0.25, 0.3) is 5.91 Å². The van der Waals surface area contributed by atoms with E-state index in [9.17, 15) is 4.79 Å². The number of ether oxygens (including phenoxy) is 2. The van der Waals surface area contributed by atoms with E-state index in [-0.39, 0.29) is 5.91 Å². The summed E-state index contributed by atoms with van der Waals surface area (Å²) in [6, 6.07) is 0. The van der Waals surface area contributed by atoms with Crippen molar-refractivity contribution in [1.29, 1.82) is 0 Å². The molecule has 0 unspecified atom stereocenters. The summed E-state index contributed by atoms with van der Waals surface area (Å²) in [5.74, 6) is 1.11. The highest BCUT2D eigenvalue weighted by Crippen LogP contribution is 2.35. The van der Waals surface area contributed by atoms with E-state index in [1.807, 2.05) is 18.7 Å². The summed E-state index contributed by atoms with van der Waals surface area (Å²) in [7, 11) is 3.18. The molecule has 0 aliphatic rings. The highest BCUT2D eigenvalue weighted by atomic mass is 32.1. The first-order valence-corrected chi connectivity index (χ1v) is 9.01. The predicted octanol–water partition coefficient (Wildman–Crippen LogP) is 3.42. The Hall–Kier alpha value is -1.73. The molecule has 0 aromatic carbocycles. The van der Waals surface area contributed by atoms with E-state index in [2.05, 4.69) is 16.9 Å². The minimum absolute atomic E-state index is 0.0572. The van der Waals surface area contributed by atoms with E-state index >= 15 is 0 Å². The predicted molar refractivity (Wildman–Crippen MR) is 95.9 cm³/mol. The SMILES string of the molecule is CCCCN(CC)C(=O)c1sc2nc(COC)nc(OC)c2c1C. The molecule has 0 spiro atoms. The number of carbonyl (C=O) groups is 1. The molecule has 0 radical (unpaired) electrons. The van der Waals surface area contributed by atoms with Crippen molar-refractivity contribution in [2.24, 2.45) is 0 Å². The van der Waals surface area contributed by atoms with Gasteiger partial charge in [0, 0.05) is 20.2 Å². The highest BCUT2D eigenvalue weighted by molar-refractivity contribution is 7.20. The minimum Gasteiger partial charge on any atom is -0.480 e. The first-order valence-electron chi connectivity index (χ1n) is 8.19. The Balaban J connectivity index is 2.48. The molecule has 24 heavy (non-hydrogen) atoms. The fraction of sp³-hybridized carbons (Fsp3) is 0.588. The third-order valence-corrected chi connectivity index (χ3v) is 5.09. The van der Waals surface area contributed by atoms with Gasteiger partial charge in [0.05, 0.1) is 17.4 Å². The quantitative estimate of drug-likeness (QED) is 0.729. The van der Waals surface area contributed by atoms with Crippen molar-refractivity contribution >= 4 is 27.5 Å². The van der Waals surface area contributed by atoms with Gasteiger partial charge in [-0.2, -0.15) is 4.98 Å².